The van der Waals surface area contributed by atoms with Crippen LogP contribution < -0.4 is 5.32 Å². The number of hydrogen-bond donors (Lipinski definition) is 1. The molecule has 1 amide bonds. The second-order valence-electron chi connectivity index (χ2n) is 2.50. The van der Waals surface area contributed by atoms with Crippen LogP contribution >= 0.6 is 0 Å². The molecular weight excluding hydrogens is 106 g/mol. The van der Waals surface area contributed by atoms with E-state index in [9.17, 15) is 4.79 Å². The number of carbonyl (C=O) groups is 1. The molecule has 8 heavy (non-hydrogen) atoms. The van der Waals surface area contributed by atoms with Gasteiger partial charge in [0.1, 0.15) is 0 Å². The van der Waals surface area contributed by atoms with Crippen molar-refractivity contribution in [2.75, 3.05) is 13.2 Å². The molecular formula is C5H7NO2. The zero-order valence-corrected chi connectivity index (χ0v) is 4.44. The van der Waals surface area contributed by atoms with Gasteiger partial charge < -0.3 is 10.1 Å². The lowest BCUT2D eigenvalue weighted by molar-refractivity contribution is -0.157. The second kappa shape index (κ2) is 1.05. The SMILES string of the molecule is O=C1CC2(COC2)N1. The van der Waals surface area contributed by atoms with E-state index in [1.165, 1.54) is 0 Å². The Morgan fingerprint density at radius 2 is 2.25 bits per heavy atom. The van der Waals surface area contributed by atoms with E-state index in [0.717, 1.165) is 13.2 Å². The molecule has 0 atom stereocenters. The molecule has 0 unspecified atom stereocenters. The Morgan fingerprint density at radius 1 is 1.62 bits per heavy atom. The van der Waals surface area contributed by atoms with Crippen molar-refractivity contribution in [2.45, 2.75) is 12.0 Å². The van der Waals surface area contributed by atoms with Crippen molar-refractivity contribution >= 4 is 5.91 Å². The average molecular weight is 113 g/mol. The summed E-state index contributed by atoms with van der Waals surface area (Å²) in [5.74, 6) is 0.160. The summed E-state index contributed by atoms with van der Waals surface area (Å²) >= 11 is 0. The predicted molar refractivity (Wildman–Crippen MR) is 26.3 cm³/mol. The van der Waals surface area contributed by atoms with Crippen LogP contribution in [0, 0.1) is 0 Å². The molecule has 1 N–H and O–H groups in total. The Hall–Kier alpha value is -0.570. The summed E-state index contributed by atoms with van der Waals surface area (Å²) in [7, 11) is 0. The molecule has 3 heteroatoms. The first-order chi connectivity index (χ1) is 3.81. The van der Waals surface area contributed by atoms with Crippen molar-refractivity contribution in [3.8, 4) is 0 Å². The molecule has 44 valence electrons. The van der Waals surface area contributed by atoms with Crippen molar-refractivity contribution in [3.05, 3.63) is 0 Å². The van der Waals surface area contributed by atoms with E-state index in [-0.39, 0.29) is 11.4 Å². The molecule has 1 spiro atoms. The van der Waals surface area contributed by atoms with Crippen LogP contribution in [0.1, 0.15) is 6.42 Å². The highest BCUT2D eigenvalue weighted by molar-refractivity contribution is 5.85. The highest BCUT2D eigenvalue weighted by atomic mass is 16.5. The zero-order valence-electron chi connectivity index (χ0n) is 4.44. The third kappa shape index (κ3) is 0.351. The van der Waals surface area contributed by atoms with Crippen LogP contribution in [0.2, 0.25) is 0 Å². The van der Waals surface area contributed by atoms with Crippen LogP contribution in [-0.4, -0.2) is 24.7 Å². The molecule has 0 aliphatic carbocycles. The second-order valence-corrected chi connectivity index (χ2v) is 2.50. The molecule has 2 fully saturated rings. The van der Waals surface area contributed by atoms with Crippen molar-refractivity contribution in [1.29, 1.82) is 0 Å². The van der Waals surface area contributed by atoms with Gasteiger partial charge in [0.25, 0.3) is 0 Å². The van der Waals surface area contributed by atoms with Gasteiger partial charge in [-0.1, -0.05) is 0 Å². The van der Waals surface area contributed by atoms with Crippen molar-refractivity contribution in [1.82, 2.24) is 5.32 Å². The molecule has 2 rings (SSSR count). The van der Waals surface area contributed by atoms with Crippen LogP contribution in [0.15, 0.2) is 0 Å². The Morgan fingerprint density at radius 3 is 2.38 bits per heavy atom. The molecule has 2 aliphatic rings. The summed E-state index contributed by atoms with van der Waals surface area (Å²) in [6.07, 6.45) is 0.674. The lowest BCUT2D eigenvalue weighted by Gasteiger charge is -2.48. The fourth-order valence-corrected chi connectivity index (χ4v) is 1.11. The molecule has 2 heterocycles. The molecule has 0 aromatic heterocycles. The maximum atomic E-state index is 10.3. The summed E-state index contributed by atoms with van der Waals surface area (Å²) in [6.45, 7) is 1.44. The molecule has 2 aliphatic heterocycles. The van der Waals surface area contributed by atoms with E-state index in [4.69, 9.17) is 4.74 Å². The topological polar surface area (TPSA) is 38.3 Å². The van der Waals surface area contributed by atoms with Crippen LogP contribution in [-0.2, 0) is 9.53 Å². The van der Waals surface area contributed by atoms with Gasteiger partial charge in [-0.15, -0.1) is 0 Å². The van der Waals surface area contributed by atoms with Crippen LogP contribution in [0.5, 0.6) is 0 Å². The van der Waals surface area contributed by atoms with Gasteiger partial charge in [-0.25, -0.2) is 0 Å². The first-order valence-electron chi connectivity index (χ1n) is 2.70. The van der Waals surface area contributed by atoms with Gasteiger partial charge in [0.15, 0.2) is 0 Å². The van der Waals surface area contributed by atoms with Gasteiger partial charge in [-0.05, 0) is 0 Å². The third-order valence-corrected chi connectivity index (χ3v) is 1.66. The Bertz CT molecular complexity index is 129. The Kier molecular flexibility index (Phi) is 0.568. The van der Waals surface area contributed by atoms with Gasteiger partial charge in [-0.2, -0.15) is 0 Å². The number of rotatable bonds is 0. The summed E-state index contributed by atoms with van der Waals surface area (Å²) in [6, 6.07) is 0. The smallest absolute Gasteiger partial charge is 0.223 e. The first-order valence-corrected chi connectivity index (χ1v) is 2.70. The lowest BCUT2D eigenvalue weighted by Crippen LogP contribution is -2.71. The quantitative estimate of drug-likeness (QED) is 0.421. The maximum Gasteiger partial charge on any atom is 0.223 e. The van der Waals surface area contributed by atoms with E-state index in [2.05, 4.69) is 5.32 Å². The molecule has 0 radical (unpaired) electrons. The maximum absolute atomic E-state index is 10.3. The van der Waals surface area contributed by atoms with Crippen molar-refractivity contribution < 1.29 is 9.53 Å². The van der Waals surface area contributed by atoms with Gasteiger partial charge in [0, 0.05) is 0 Å². The number of amides is 1. The van der Waals surface area contributed by atoms with Crippen LogP contribution in [0.4, 0.5) is 0 Å². The highest BCUT2D eigenvalue weighted by Crippen LogP contribution is 2.27. The van der Waals surface area contributed by atoms with Gasteiger partial charge in [0.2, 0.25) is 5.91 Å². The van der Waals surface area contributed by atoms with Crippen molar-refractivity contribution in [2.24, 2.45) is 0 Å². The summed E-state index contributed by atoms with van der Waals surface area (Å²) in [5.41, 5.74) is 0.0943. The van der Waals surface area contributed by atoms with E-state index >= 15 is 0 Å². The fourth-order valence-electron chi connectivity index (χ4n) is 1.11. The first kappa shape index (κ1) is 4.32. The molecule has 0 bridgehead atoms. The minimum atomic E-state index is 0.0943. The van der Waals surface area contributed by atoms with E-state index < -0.39 is 0 Å². The minimum Gasteiger partial charge on any atom is -0.376 e. The van der Waals surface area contributed by atoms with Gasteiger partial charge in [0.05, 0.1) is 25.2 Å². The number of ether oxygens (including phenoxy) is 1. The fraction of sp³-hybridized carbons (Fsp3) is 0.800. The number of β-lactam (4-membered cyclic amide) rings is 1. The largest absolute Gasteiger partial charge is 0.376 e. The third-order valence-electron chi connectivity index (χ3n) is 1.66. The number of nitrogens with one attached hydrogen (secondary N) is 1. The molecule has 0 aromatic carbocycles. The van der Waals surface area contributed by atoms with Gasteiger partial charge in [-0.3, -0.25) is 4.79 Å². The number of carbonyl (C=O) groups excluding carboxylic acids is 1. The highest BCUT2D eigenvalue weighted by Gasteiger charge is 2.48. The Labute approximate surface area is 47.0 Å². The average Bonchev–Trinajstić information content (AvgIpc) is 1.51. The van der Waals surface area contributed by atoms with Crippen LogP contribution in [0.3, 0.4) is 0 Å². The minimum absolute atomic E-state index is 0.0943. The van der Waals surface area contributed by atoms with Crippen molar-refractivity contribution in [3.63, 3.8) is 0 Å². The summed E-state index contributed by atoms with van der Waals surface area (Å²) in [5, 5.41) is 2.79. The summed E-state index contributed by atoms with van der Waals surface area (Å²) < 4.78 is 4.91. The van der Waals surface area contributed by atoms with Crippen LogP contribution in [0.25, 0.3) is 0 Å². The number of hydrogen-bond acceptors (Lipinski definition) is 2. The van der Waals surface area contributed by atoms with E-state index in [0.29, 0.717) is 6.42 Å². The lowest BCUT2D eigenvalue weighted by atomic mass is 9.85. The van der Waals surface area contributed by atoms with E-state index in [1.807, 2.05) is 0 Å². The van der Waals surface area contributed by atoms with E-state index in [1.54, 1.807) is 0 Å². The molecule has 0 aromatic rings. The normalized spacial score (nSPS) is 30.8. The molecule has 3 nitrogen and oxygen atoms in total. The predicted octanol–water partition coefficient (Wildman–Crippen LogP) is -0.725. The zero-order chi connectivity index (χ0) is 5.61. The molecule has 2 saturated heterocycles. The molecule has 0 saturated carbocycles. The van der Waals surface area contributed by atoms with Gasteiger partial charge >= 0.3 is 0 Å². The monoisotopic (exact) mass is 113 g/mol. The Balaban J connectivity index is 2.01. The summed E-state index contributed by atoms with van der Waals surface area (Å²) in [4.78, 5) is 10.3. The standard InChI is InChI=1S/C5H7NO2/c7-4-1-5(6-4)2-8-3-5/h1-3H2,(H,6,7).